The van der Waals surface area contributed by atoms with Crippen molar-refractivity contribution in [3.8, 4) is 0 Å². The molecule has 0 saturated heterocycles. The van der Waals surface area contributed by atoms with Gasteiger partial charge in [-0.2, -0.15) is 0 Å². The van der Waals surface area contributed by atoms with E-state index in [-0.39, 0.29) is 11.9 Å². The lowest BCUT2D eigenvalue weighted by molar-refractivity contribution is 0.575. The predicted octanol–water partition coefficient (Wildman–Crippen LogP) is 3.65. The van der Waals surface area contributed by atoms with Crippen LogP contribution in [0, 0.1) is 5.82 Å². The molecule has 1 atom stereocenters. The zero-order chi connectivity index (χ0) is 14.4. The predicted molar refractivity (Wildman–Crippen MR) is 83.4 cm³/mol. The van der Waals surface area contributed by atoms with Gasteiger partial charge in [-0.05, 0) is 48.4 Å². The molecular weight excluding hydrogens is 295 g/mol. The molecule has 1 unspecified atom stereocenters. The standard InChI is InChI=1S/C15H16ClFN2S/c16-12-3-1-11(2-4-12)9-14(19-18)10-20-15-7-5-13(17)6-8-15/h1-8,14,19H,9-10,18H2. The highest BCUT2D eigenvalue weighted by Gasteiger charge is 2.08. The molecular formula is C15H16ClFN2S. The van der Waals surface area contributed by atoms with Crippen LogP contribution in [0.15, 0.2) is 53.4 Å². The van der Waals surface area contributed by atoms with E-state index < -0.39 is 0 Å². The minimum atomic E-state index is -0.219. The van der Waals surface area contributed by atoms with E-state index in [1.165, 1.54) is 17.7 Å². The first-order valence-corrected chi connectivity index (χ1v) is 7.62. The van der Waals surface area contributed by atoms with E-state index in [1.807, 2.05) is 24.3 Å². The van der Waals surface area contributed by atoms with Gasteiger partial charge in [0.2, 0.25) is 0 Å². The normalized spacial score (nSPS) is 12.3. The second-order valence-electron chi connectivity index (χ2n) is 4.46. The molecule has 2 nitrogen and oxygen atoms in total. The highest BCUT2D eigenvalue weighted by molar-refractivity contribution is 7.99. The quantitative estimate of drug-likeness (QED) is 0.486. The Bertz CT molecular complexity index is 531. The van der Waals surface area contributed by atoms with Crippen LogP contribution in [-0.4, -0.2) is 11.8 Å². The SMILES string of the molecule is NNC(CSc1ccc(F)cc1)Cc1ccc(Cl)cc1. The number of nitrogens with one attached hydrogen (secondary N) is 1. The Labute approximate surface area is 127 Å². The molecule has 0 aromatic heterocycles. The maximum absolute atomic E-state index is 12.8. The maximum Gasteiger partial charge on any atom is 0.123 e. The molecule has 0 amide bonds. The van der Waals surface area contributed by atoms with Crippen molar-refractivity contribution in [3.05, 3.63) is 64.9 Å². The number of benzene rings is 2. The summed E-state index contributed by atoms with van der Waals surface area (Å²) < 4.78 is 12.8. The van der Waals surface area contributed by atoms with Crippen molar-refractivity contribution in [2.75, 3.05) is 5.75 Å². The van der Waals surface area contributed by atoms with Gasteiger partial charge in [-0.1, -0.05) is 23.7 Å². The van der Waals surface area contributed by atoms with E-state index in [4.69, 9.17) is 17.4 Å². The third-order valence-electron chi connectivity index (χ3n) is 2.90. The van der Waals surface area contributed by atoms with Gasteiger partial charge < -0.3 is 0 Å². The Kier molecular flexibility index (Phi) is 5.86. The van der Waals surface area contributed by atoms with Crippen LogP contribution in [0.2, 0.25) is 5.02 Å². The lowest BCUT2D eigenvalue weighted by atomic mass is 10.1. The van der Waals surface area contributed by atoms with Gasteiger partial charge in [0.05, 0.1) is 0 Å². The molecule has 0 fully saturated rings. The minimum Gasteiger partial charge on any atom is -0.271 e. The number of hydrazine groups is 1. The van der Waals surface area contributed by atoms with Crippen molar-refractivity contribution in [1.29, 1.82) is 0 Å². The van der Waals surface area contributed by atoms with Crippen molar-refractivity contribution < 1.29 is 4.39 Å². The van der Waals surface area contributed by atoms with Gasteiger partial charge in [0.15, 0.2) is 0 Å². The largest absolute Gasteiger partial charge is 0.271 e. The van der Waals surface area contributed by atoms with Gasteiger partial charge in [0, 0.05) is 21.7 Å². The molecule has 0 radical (unpaired) electrons. The molecule has 0 heterocycles. The summed E-state index contributed by atoms with van der Waals surface area (Å²) in [5, 5.41) is 0.728. The molecule has 2 aromatic rings. The number of hydrogen-bond acceptors (Lipinski definition) is 3. The van der Waals surface area contributed by atoms with Crippen LogP contribution >= 0.6 is 23.4 Å². The van der Waals surface area contributed by atoms with Crippen LogP contribution in [0.3, 0.4) is 0 Å². The van der Waals surface area contributed by atoms with Gasteiger partial charge in [0.25, 0.3) is 0 Å². The molecule has 2 aromatic carbocycles. The highest BCUT2D eigenvalue weighted by Crippen LogP contribution is 2.20. The minimum absolute atomic E-state index is 0.145. The number of nitrogens with two attached hydrogens (primary N) is 1. The van der Waals surface area contributed by atoms with Crippen LogP contribution in [0.4, 0.5) is 4.39 Å². The Morgan fingerprint density at radius 1 is 1.10 bits per heavy atom. The third kappa shape index (κ3) is 4.80. The van der Waals surface area contributed by atoms with E-state index in [9.17, 15) is 4.39 Å². The van der Waals surface area contributed by atoms with Crippen molar-refractivity contribution in [1.82, 2.24) is 5.43 Å². The van der Waals surface area contributed by atoms with Crippen molar-refractivity contribution in [2.24, 2.45) is 5.84 Å². The van der Waals surface area contributed by atoms with Gasteiger partial charge in [-0.3, -0.25) is 11.3 Å². The monoisotopic (exact) mass is 310 g/mol. The van der Waals surface area contributed by atoms with E-state index in [1.54, 1.807) is 23.9 Å². The second-order valence-corrected chi connectivity index (χ2v) is 5.99. The maximum atomic E-state index is 12.8. The molecule has 5 heteroatoms. The number of rotatable bonds is 6. The van der Waals surface area contributed by atoms with E-state index in [2.05, 4.69) is 5.43 Å². The van der Waals surface area contributed by atoms with Crippen LogP contribution in [-0.2, 0) is 6.42 Å². The van der Waals surface area contributed by atoms with Gasteiger partial charge >= 0.3 is 0 Å². The summed E-state index contributed by atoms with van der Waals surface area (Å²) in [7, 11) is 0. The molecule has 106 valence electrons. The Hall–Kier alpha value is -1.07. The van der Waals surface area contributed by atoms with Crippen molar-refractivity contribution in [2.45, 2.75) is 17.4 Å². The molecule has 0 spiro atoms. The zero-order valence-corrected chi connectivity index (χ0v) is 12.4. The van der Waals surface area contributed by atoms with Gasteiger partial charge in [-0.25, -0.2) is 4.39 Å². The Morgan fingerprint density at radius 3 is 2.35 bits per heavy atom. The smallest absolute Gasteiger partial charge is 0.123 e. The molecule has 0 saturated carbocycles. The topological polar surface area (TPSA) is 38.0 Å². The lowest BCUT2D eigenvalue weighted by Crippen LogP contribution is -2.38. The van der Waals surface area contributed by atoms with Crippen LogP contribution in [0.25, 0.3) is 0 Å². The fourth-order valence-electron chi connectivity index (χ4n) is 1.80. The average Bonchev–Trinajstić information content (AvgIpc) is 2.47. The summed E-state index contributed by atoms with van der Waals surface area (Å²) in [4.78, 5) is 1.03. The molecule has 0 bridgehead atoms. The third-order valence-corrected chi connectivity index (χ3v) is 4.32. The zero-order valence-electron chi connectivity index (χ0n) is 10.9. The molecule has 20 heavy (non-hydrogen) atoms. The fraction of sp³-hybridized carbons (Fsp3) is 0.200. The number of thioether (sulfide) groups is 1. The van der Waals surface area contributed by atoms with Crippen LogP contribution in [0.1, 0.15) is 5.56 Å². The van der Waals surface area contributed by atoms with Crippen molar-refractivity contribution in [3.63, 3.8) is 0 Å². The lowest BCUT2D eigenvalue weighted by Gasteiger charge is -2.15. The molecule has 0 aliphatic carbocycles. The molecule has 2 rings (SSSR count). The molecule has 0 aliphatic heterocycles. The average molecular weight is 311 g/mol. The summed E-state index contributed by atoms with van der Waals surface area (Å²) in [6, 6.07) is 14.4. The first-order chi connectivity index (χ1) is 9.67. The Balaban J connectivity index is 1.88. The van der Waals surface area contributed by atoms with Gasteiger partial charge in [-0.15, -0.1) is 11.8 Å². The highest BCUT2D eigenvalue weighted by atomic mass is 35.5. The fourth-order valence-corrected chi connectivity index (χ4v) is 2.86. The van der Waals surface area contributed by atoms with Gasteiger partial charge in [0.1, 0.15) is 5.82 Å². The summed E-state index contributed by atoms with van der Waals surface area (Å²) >= 11 is 7.51. The summed E-state index contributed by atoms with van der Waals surface area (Å²) in [5.74, 6) is 6.18. The Morgan fingerprint density at radius 2 is 1.75 bits per heavy atom. The second kappa shape index (κ2) is 7.64. The number of halogens is 2. The van der Waals surface area contributed by atoms with Crippen molar-refractivity contribution >= 4 is 23.4 Å². The van der Waals surface area contributed by atoms with Crippen LogP contribution < -0.4 is 11.3 Å². The molecule has 0 aliphatic rings. The van der Waals surface area contributed by atoms with E-state index >= 15 is 0 Å². The molecule has 3 N–H and O–H groups in total. The first kappa shape index (κ1) is 15.3. The van der Waals surface area contributed by atoms with Crippen LogP contribution in [0.5, 0.6) is 0 Å². The first-order valence-electron chi connectivity index (χ1n) is 6.26. The summed E-state index contributed by atoms with van der Waals surface area (Å²) in [6.45, 7) is 0. The van der Waals surface area contributed by atoms with E-state index in [0.29, 0.717) is 0 Å². The summed E-state index contributed by atoms with van der Waals surface area (Å²) in [5.41, 5.74) is 4.00. The van der Waals surface area contributed by atoms with E-state index in [0.717, 1.165) is 22.1 Å². The number of hydrogen-bond donors (Lipinski definition) is 2. The summed E-state index contributed by atoms with van der Waals surface area (Å²) in [6.07, 6.45) is 0.821.